The van der Waals surface area contributed by atoms with Crippen molar-refractivity contribution >= 4 is 11.6 Å². The predicted molar refractivity (Wildman–Crippen MR) is 76.1 cm³/mol. The van der Waals surface area contributed by atoms with E-state index in [9.17, 15) is 4.79 Å². The van der Waals surface area contributed by atoms with Gasteiger partial charge in [0.25, 0.3) is 5.91 Å². The summed E-state index contributed by atoms with van der Waals surface area (Å²) < 4.78 is 3.49. The van der Waals surface area contributed by atoms with E-state index in [4.69, 9.17) is 5.73 Å². The van der Waals surface area contributed by atoms with Gasteiger partial charge in [-0.3, -0.25) is 14.2 Å². The molecule has 2 aromatic heterocycles. The molecule has 0 saturated carbocycles. The van der Waals surface area contributed by atoms with Crippen LogP contribution in [0.5, 0.6) is 0 Å². The van der Waals surface area contributed by atoms with Crippen molar-refractivity contribution in [3.05, 3.63) is 29.3 Å². The molecule has 0 spiro atoms. The van der Waals surface area contributed by atoms with Gasteiger partial charge < -0.3 is 11.1 Å². The fourth-order valence-corrected chi connectivity index (χ4v) is 1.93. The van der Waals surface area contributed by atoms with Crippen molar-refractivity contribution in [3.63, 3.8) is 0 Å². The highest BCUT2D eigenvalue weighted by atomic mass is 16.2. The second kappa shape index (κ2) is 5.77. The number of carbonyl (C=O) groups excluding carboxylic acids is 1. The van der Waals surface area contributed by atoms with E-state index in [0.717, 1.165) is 17.8 Å². The largest absolute Gasteiger partial charge is 0.396 e. The first-order valence-corrected chi connectivity index (χ1v) is 6.69. The van der Waals surface area contributed by atoms with Crippen LogP contribution >= 0.6 is 0 Å². The summed E-state index contributed by atoms with van der Waals surface area (Å²) in [5.41, 5.74) is 8.36. The Hall–Kier alpha value is -2.31. The summed E-state index contributed by atoms with van der Waals surface area (Å²) >= 11 is 0. The molecule has 0 aromatic carbocycles. The Morgan fingerprint density at radius 2 is 1.90 bits per heavy atom. The number of carbonyl (C=O) groups is 1. The molecule has 2 rings (SSSR count). The number of amides is 1. The minimum absolute atomic E-state index is 0.265. The molecule has 0 radical (unpaired) electrons. The molecule has 1 amide bonds. The molecule has 7 heteroatoms. The van der Waals surface area contributed by atoms with Crippen LogP contribution < -0.4 is 11.1 Å². The van der Waals surface area contributed by atoms with Crippen LogP contribution in [-0.2, 0) is 19.6 Å². The second-order valence-corrected chi connectivity index (χ2v) is 4.57. The van der Waals surface area contributed by atoms with Crippen molar-refractivity contribution in [3.8, 4) is 0 Å². The van der Waals surface area contributed by atoms with Crippen molar-refractivity contribution in [1.29, 1.82) is 0 Å². The van der Waals surface area contributed by atoms with E-state index in [1.165, 1.54) is 0 Å². The van der Waals surface area contributed by atoms with Crippen molar-refractivity contribution in [2.75, 3.05) is 5.73 Å². The Bertz CT molecular complexity index is 612. The Morgan fingerprint density at radius 3 is 2.45 bits per heavy atom. The quantitative estimate of drug-likeness (QED) is 0.850. The molecule has 108 valence electrons. The van der Waals surface area contributed by atoms with Crippen molar-refractivity contribution in [2.45, 2.75) is 40.4 Å². The number of hydrogen-bond acceptors (Lipinski definition) is 4. The minimum Gasteiger partial charge on any atom is -0.396 e. The lowest BCUT2D eigenvalue weighted by molar-refractivity contribution is 0.0946. The number of rotatable bonds is 5. The van der Waals surface area contributed by atoms with E-state index in [-0.39, 0.29) is 11.6 Å². The topological polar surface area (TPSA) is 90.8 Å². The molecule has 0 aliphatic rings. The van der Waals surface area contributed by atoms with E-state index in [2.05, 4.69) is 15.5 Å². The Kier molecular flexibility index (Phi) is 4.07. The van der Waals surface area contributed by atoms with Crippen LogP contribution in [0, 0.1) is 6.92 Å². The molecule has 0 aliphatic carbocycles. The van der Waals surface area contributed by atoms with Crippen LogP contribution in [-0.4, -0.2) is 25.5 Å². The van der Waals surface area contributed by atoms with Gasteiger partial charge in [0, 0.05) is 37.6 Å². The highest BCUT2D eigenvalue weighted by Crippen LogP contribution is 2.10. The van der Waals surface area contributed by atoms with E-state index in [1.54, 1.807) is 10.9 Å². The van der Waals surface area contributed by atoms with Gasteiger partial charge in [0.15, 0.2) is 5.69 Å². The fourth-order valence-electron chi connectivity index (χ4n) is 1.93. The standard InChI is InChI=1S/C13H20N6O/c1-4-18-7-10(9(3)16-18)6-15-13(20)12-11(14)8-19(5-2)17-12/h7-8H,4-6,14H2,1-3H3,(H,15,20). The maximum Gasteiger partial charge on any atom is 0.274 e. The SMILES string of the molecule is CCn1cc(CNC(=O)c2nn(CC)cc2N)c(C)n1. The van der Waals surface area contributed by atoms with E-state index in [0.29, 0.717) is 18.8 Å². The van der Waals surface area contributed by atoms with Crippen molar-refractivity contribution in [1.82, 2.24) is 24.9 Å². The normalized spacial score (nSPS) is 10.8. The zero-order chi connectivity index (χ0) is 14.7. The number of nitrogens with zero attached hydrogens (tertiary/aromatic N) is 4. The lowest BCUT2D eigenvalue weighted by atomic mass is 10.2. The predicted octanol–water partition coefficient (Wildman–Crippen LogP) is 0.940. The number of aromatic nitrogens is 4. The number of aryl methyl sites for hydroxylation is 3. The maximum atomic E-state index is 12.1. The van der Waals surface area contributed by atoms with Gasteiger partial charge in [0.1, 0.15) is 0 Å². The molecular weight excluding hydrogens is 256 g/mol. The molecular formula is C13H20N6O. The summed E-state index contributed by atoms with van der Waals surface area (Å²) in [7, 11) is 0. The summed E-state index contributed by atoms with van der Waals surface area (Å²) in [5.74, 6) is -0.265. The van der Waals surface area contributed by atoms with Crippen molar-refractivity contribution < 1.29 is 4.79 Å². The molecule has 20 heavy (non-hydrogen) atoms. The molecule has 2 heterocycles. The average Bonchev–Trinajstić information content (AvgIpc) is 2.99. The third kappa shape index (κ3) is 2.81. The van der Waals surface area contributed by atoms with Gasteiger partial charge in [0.2, 0.25) is 0 Å². The maximum absolute atomic E-state index is 12.1. The van der Waals surface area contributed by atoms with Gasteiger partial charge >= 0.3 is 0 Å². The molecule has 0 unspecified atom stereocenters. The second-order valence-electron chi connectivity index (χ2n) is 4.57. The van der Waals surface area contributed by atoms with Gasteiger partial charge in [0.05, 0.1) is 11.4 Å². The Balaban J connectivity index is 2.04. The molecule has 3 N–H and O–H groups in total. The van der Waals surface area contributed by atoms with Crippen LogP contribution in [0.1, 0.15) is 35.6 Å². The highest BCUT2D eigenvalue weighted by molar-refractivity contribution is 5.96. The number of nitrogens with one attached hydrogen (secondary N) is 1. The van der Waals surface area contributed by atoms with Gasteiger partial charge in [-0.15, -0.1) is 0 Å². The molecule has 0 bridgehead atoms. The molecule has 0 aliphatic heterocycles. The lowest BCUT2D eigenvalue weighted by Crippen LogP contribution is -2.24. The van der Waals surface area contributed by atoms with Crippen LogP contribution in [0.25, 0.3) is 0 Å². The van der Waals surface area contributed by atoms with Crippen LogP contribution in [0.4, 0.5) is 5.69 Å². The number of anilines is 1. The summed E-state index contributed by atoms with van der Waals surface area (Å²) in [6, 6.07) is 0. The van der Waals surface area contributed by atoms with Gasteiger partial charge in [-0.05, 0) is 20.8 Å². The van der Waals surface area contributed by atoms with E-state index >= 15 is 0 Å². The van der Waals surface area contributed by atoms with Gasteiger partial charge in [-0.1, -0.05) is 0 Å². The first kappa shape index (κ1) is 14.1. The lowest BCUT2D eigenvalue weighted by Gasteiger charge is -2.02. The smallest absolute Gasteiger partial charge is 0.274 e. The zero-order valence-electron chi connectivity index (χ0n) is 12.1. The van der Waals surface area contributed by atoms with Crippen LogP contribution in [0.15, 0.2) is 12.4 Å². The molecule has 2 aromatic rings. The Labute approximate surface area is 117 Å². The summed E-state index contributed by atoms with van der Waals surface area (Å²) in [6.07, 6.45) is 3.60. The molecule has 0 fully saturated rings. The molecule has 0 saturated heterocycles. The molecule has 7 nitrogen and oxygen atoms in total. The third-order valence-electron chi connectivity index (χ3n) is 3.14. The third-order valence-corrected chi connectivity index (χ3v) is 3.14. The minimum atomic E-state index is -0.265. The average molecular weight is 276 g/mol. The van der Waals surface area contributed by atoms with Crippen LogP contribution in [0.3, 0.4) is 0 Å². The first-order valence-electron chi connectivity index (χ1n) is 6.69. The van der Waals surface area contributed by atoms with Crippen LogP contribution in [0.2, 0.25) is 0 Å². The summed E-state index contributed by atoms with van der Waals surface area (Å²) in [4.78, 5) is 12.1. The highest BCUT2D eigenvalue weighted by Gasteiger charge is 2.15. The summed E-state index contributed by atoms with van der Waals surface area (Å²) in [5, 5.41) is 11.3. The van der Waals surface area contributed by atoms with E-state index in [1.807, 2.05) is 31.6 Å². The summed E-state index contributed by atoms with van der Waals surface area (Å²) in [6.45, 7) is 7.79. The van der Waals surface area contributed by atoms with Crippen molar-refractivity contribution in [2.24, 2.45) is 0 Å². The zero-order valence-corrected chi connectivity index (χ0v) is 12.1. The molecule has 0 atom stereocenters. The number of nitrogen functional groups attached to an aromatic ring is 1. The van der Waals surface area contributed by atoms with E-state index < -0.39 is 0 Å². The van der Waals surface area contributed by atoms with Gasteiger partial charge in [-0.25, -0.2) is 0 Å². The van der Waals surface area contributed by atoms with Gasteiger partial charge in [-0.2, -0.15) is 10.2 Å². The monoisotopic (exact) mass is 276 g/mol. The first-order chi connectivity index (χ1) is 9.55. The number of nitrogens with two attached hydrogens (primary N) is 1. The Morgan fingerprint density at radius 1 is 1.25 bits per heavy atom. The number of hydrogen-bond donors (Lipinski definition) is 2. The fraction of sp³-hybridized carbons (Fsp3) is 0.462.